The predicted molar refractivity (Wildman–Crippen MR) is 74.7 cm³/mol. The number of rotatable bonds is 4. The molecule has 0 bridgehead atoms. The number of ether oxygens (including phenoxy) is 1. The third kappa shape index (κ3) is 2.59. The maximum Gasteiger partial charge on any atom is 0.141 e. The monoisotopic (exact) mass is 258 g/mol. The van der Waals surface area contributed by atoms with Crippen molar-refractivity contribution in [1.82, 2.24) is 4.98 Å². The lowest BCUT2D eigenvalue weighted by molar-refractivity contribution is -0.00296. The standard InChI is InChI=1S/C15H18N2O2/c1-11-8-13(14(16)17-9-11)15(18,10-19-2)12-6-4-3-5-7-12/h3-9,18H,10H2,1-2H3,(H2,16,17). The normalized spacial score (nSPS) is 14.1. The Balaban J connectivity index is 2.59. The van der Waals surface area contributed by atoms with E-state index in [0.29, 0.717) is 11.4 Å². The minimum absolute atomic E-state index is 0.117. The molecular weight excluding hydrogens is 240 g/mol. The van der Waals surface area contributed by atoms with Crippen LogP contribution in [0.1, 0.15) is 16.7 Å². The highest BCUT2D eigenvalue weighted by Crippen LogP contribution is 2.33. The summed E-state index contributed by atoms with van der Waals surface area (Å²) < 4.78 is 5.18. The molecule has 1 aromatic heterocycles. The summed E-state index contributed by atoms with van der Waals surface area (Å²) in [5.74, 6) is 0.314. The zero-order valence-corrected chi connectivity index (χ0v) is 11.1. The van der Waals surface area contributed by atoms with Gasteiger partial charge in [-0.05, 0) is 24.1 Å². The van der Waals surface area contributed by atoms with Gasteiger partial charge in [0.2, 0.25) is 0 Å². The molecule has 4 nitrogen and oxygen atoms in total. The number of nitrogens with zero attached hydrogens (tertiary/aromatic N) is 1. The van der Waals surface area contributed by atoms with Gasteiger partial charge in [-0.15, -0.1) is 0 Å². The summed E-state index contributed by atoms with van der Waals surface area (Å²) in [6.07, 6.45) is 1.68. The number of pyridine rings is 1. The number of nitrogen functional groups attached to an aromatic ring is 1. The number of aliphatic hydroxyl groups is 1. The fourth-order valence-corrected chi connectivity index (χ4v) is 2.15. The molecule has 0 saturated heterocycles. The number of aryl methyl sites for hydroxylation is 1. The van der Waals surface area contributed by atoms with Crippen LogP contribution in [0.2, 0.25) is 0 Å². The van der Waals surface area contributed by atoms with Crippen LogP contribution in [0, 0.1) is 6.92 Å². The molecular formula is C15H18N2O2. The molecule has 3 N–H and O–H groups in total. The predicted octanol–water partition coefficient (Wildman–Crippen LogP) is 1.85. The zero-order valence-electron chi connectivity index (χ0n) is 11.1. The van der Waals surface area contributed by atoms with Crippen molar-refractivity contribution in [2.24, 2.45) is 0 Å². The van der Waals surface area contributed by atoms with Crippen molar-refractivity contribution in [1.29, 1.82) is 0 Å². The van der Waals surface area contributed by atoms with Gasteiger partial charge in [-0.2, -0.15) is 0 Å². The SMILES string of the molecule is COCC(O)(c1ccccc1)c1cc(C)cnc1N. The number of hydrogen-bond acceptors (Lipinski definition) is 4. The molecule has 1 aromatic carbocycles. The molecule has 2 rings (SSSR count). The lowest BCUT2D eigenvalue weighted by atomic mass is 9.86. The molecule has 1 unspecified atom stereocenters. The van der Waals surface area contributed by atoms with E-state index in [0.717, 1.165) is 11.1 Å². The zero-order chi connectivity index (χ0) is 13.9. The average molecular weight is 258 g/mol. The van der Waals surface area contributed by atoms with E-state index in [1.807, 2.05) is 43.3 Å². The molecule has 4 heteroatoms. The molecule has 0 amide bonds. The lowest BCUT2D eigenvalue weighted by Gasteiger charge is -2.29. The van der Waals surface area contributed by atoms with Crippen molar-refractivity contribution in [2.75, 3.05) is 19.5 Å². The maximum atomic E-state index is 11.0. The van der Waals surface area contributed by atoms with Crippen LogP contribution in [0.15, 0.2) is 42.6 Å². The summed E-state index contributed by atoms with van der Waals surface area (Å²) in [7, 11) is 1.55. The smallest absolute Gasteiger partial charge is 0.141 e. The highest BCUT2D eigenvalue weighted by Gasteiger charge is 2.34. The van der Waals surface area contributed by atoms with Gasteiger partial charge in [0.25, 0.3) is 0 Å². The van der Waals surface area contributed by atoms with E-state index < -0.39 is 5.60 Å². The molecule has 0 aliphatic heterocycles. The Hall–Kier alpha value is -1.91. The second-order valence-corrected chi connectivity index (χ2v) is 4.60. The molecule has 0 spiro atoms. The van der Waals surface area contributed by atoms with E-state index in [1.165, 1.54) is 0 Å². The maximum absolute atomic E-state index is 11.0. The summed E-state index contributed by atoms with van der Waals surface area (Å²) in [5.41, 5.74) is 6.87. The van der Waals surface area contributed by atoms with Crippen LogP contribution < -0.4 is 5.73 Å². The number of hydrogen-bond donors (Lipinski definition) is 2. The molecule has 0 aliphatic rings. The molecule has 0 aliphatic carbocycles. The van der Waals surface area contributed by atoms with Crippen molar-refractivity contribution in [3.63, 3.8) is 0 Å². The average Bonchev–Trinajstić information content (AvgIpc) is 2.42. The molecule has 1 heterocycles. The third-order valence-electron chi connectivity index (χ3n) is 3.11. The molecule has 19 heavy (non-hydrogen) atoms. The van der Waals surface area contributed by atoms with Crippen LogP contribution >= 0.6 is 0 Å². The summed E-state index contributed by atoms with van der Waals surface area (Å²) in [5, 5.41) is 11.0. The minimum atomic E-state index is -1.29. The second kappa shape index (κ2) is 5.38. The number of anilines is 1. The summed E-state index contributed by atoms with van der Waals surface area (Å²) in [6, 6.07) is 11.2. The first kappa shape index (κ1) is 13.5. The Labute approximate surface area is 112 Å². The van der Waals surface area contributed by atoms with Crippen LogP contribution in [-0.4, -0.2) is 23.8 Å². The van der Waals surface area contributed by atoms with Gasteiger partial charge in [0.05, 0.1) is 6.61 Å². The van der Waals surface area contributed by atoms with Gasteiger partial charge >= 0.3 is 0 Å². The Kier molecular flexibility index (Phi) is 3.83. The first-order chi connectivity index (χ1) is 9.08. The van der Waals surface area contributed by atoms with E-state index in [-0.39, 0.29) is 6.61 Å². The minimum Gasteiger partial charge on any atom is -0.383 e. The Morgan fingerprint density at radius 3 is 2.63 bits per heavy atom. The van der Waals surface area contributed by atoms with Crippen molar-refractivity contribution in [2.45, 2.75) is 12.5 Å². The summed E-state index contributed by atoms with van der Waals surface area (Å²) >= 11 is 0. The van der Waals surface area contributed by atoms with Gasteiger partial charge in [0, 0.05) is 18.9 Å². The van der Waals surface area contributed by atoms with Gasteiger partial charge in [-0.25, -0.2) is 4.98 Å². The van der Waals surface area contributed by atoms with Gasteiger partial charge in [-0.3, -0.25) is 0 Å². The fraction of sp³-hybridized carbons (Fsp3) is 0.267. The summed E-state index contributed by atoms with van der Waals surface area (Å²) in [6.45, 7) is 2.03. The highest BCUT2D eigenvalue weighted by molar-refractivity contribution is 5.49. The molecule has 0 fully saturated rings. The van der Waals surface area contributed by atoms with Gasteiger partial charge in [0.1, 0.15) is 11.4 Å². The van der Waals surface area contributed by atoms with Crippen molar-refractivity contribution in [3.05, 3.63) is 59.3 Å². The van der Waals surface area contributed by atoms with Crippen molar-refractivity contribution in [3.8, 4) is 0 Å². The Bertz CT molecular complexity index is 557. The van der Waals surface area contributed by atoms with Crippen molar-refractivity contribution >= 4 is 5.82 Å². The van der Waals surface area contributed by atoms with E-state index in [2.05, 4.69) is 4.98 Å². The number of benzene rings is 1. The lowest BCUT2D eigenvalue weighted by Crippen LogP contribution is -2.34. The molecule has 100 valence electrons. The van der Waals surface area contributed by atoms with Gasteiger partial charge < -0.3 is 15.6 Å². The van der Waals surface area contributed by atoms with Crippen LogP contribution in [0.25, 0.3) is 0 Å². The number of methoxy groups -OCH3 is 1. The van der Waals surface area contributed by atoms with Crippen LogP contribution in [0.4, 0.5) is 5.82 Å². The topological polar surface area (TPSA) is 68.4 Å². The largest absolute Gasteiger partial charge is 0.383 e. The quantitative estimate of drug-likeness (QED) is 0.878. The van der Waals surface area contributed by atoms with E-state index >= 15 is 0 Å². The Morgan fingerprint density at radius 2 is 2.00 bits per heavy atom. The molecule has 0 saturated carbocycles. The molecule has 1 atom stereocenters. The Morgan fingerprint density at radius 1 is 1.32 bits per heavy atom. The van der Waals surface area contributed by atoms with Gasteiger partial charge in [-0.1, -0.05) is 30.3 Å². The molecule has 2 aromatic rings. The van der Waals surface area contributed by atoms with Crippen LogP contribution in [0.3, 0.4) is 0 Å². The second-order valence-electron chi connectivity index (χ2n) is 4.60. The number of nitrogens with two attached hydrogens (primary N) is 1. The number of aromatic nitrogens is 1. The van der Waals surface area contributed by atoms with E-state index in [9.17, 15) is 5.11 Å². The van der Waals surface area contributed by atoms with E-state index in [4.69, 9.17) is 10.5 Å². The van der Waals surface area contributed by atoms with Crippen LogP contribution in [0.5, 0.6) is 0 Å². The van der Waals surface area contributed by atoms with Gasteiger partial charge in [0.15, 0.2) is 0 Å². The van der Waals surface area contributed by atoms with Crippen molar-refractivity contribution < 1.29 is 9.84 Å². The van der Waals surface area contributed by atoms with E-state index in [1.54, 1.807) is 13.3 Å². The first-order valence-corrected chi connectivity index (χ1v) is 6.07. The highest BCUT2D eigenvalue weighted by atomic mass is 16.5. The summed E-state index contributed by atoms with van der Waals surface area (Å²) in [4.78, 5) is 4.11. The third-order valence-corrected chi connectivity index (χ3v) is 3.11. The fourth-order valence-electron chi connectivity index (χ4n) is 2.15. The first-order valence-electron chi connectivity index (χ1n) is 6.07. The molecule has 0 radical (unpaired) electrons. The van der Waals surface area contributed by atoms with Crippen LogP contribution in [-0.2, 0) is 10.3 Å².